The molecule has 0 radical (unpaired) electrons. The molecule has 0 amide bonds. The summed E-state index contributed by atoms with van der Waals surface area (Å²) in [5.41, 5.74) is 5.28. The van der Waals surface area contributed by atoms with Crippen molar-refractivity contribution < 1.29 is 23.8 Å². The summed E-state index contributed by atoms with van der Waals surface area (Å²) in [5, 5.41) is 0. The van der Waals surface area contributed by atoms with Crippen molar-refractivity contribution in [2.75, 3.05) is 26.6 Å². The van der Waals surface area contributed by atoms with Gasteiger partial charge in [0.05, 0.1) is 41.9 Å². The Bertz CT molecular complexity index is 899. The predicted molar refractivity (Wildman–Crippen MR) is 110 cm³/mol. The van der Waals surface area contributed by atoms with Gasteiger partial charge in [-0.15, -0.1) is 0 Å². The fourth-order valence-electron chi connectivity index (χ4n) is 2.28. The van der Waals surface area contributed by atoms with E-state index >= 15 is 0 Å². The van der Waals surface area contributed by atoms with E-state index in [4.69, 9.17) is 19.9 Å². The van der Waals surface area contributed by atoms with Crippen LogP contribution < -0.4 is 15.2 Å². The minimum absolute atomic E-state index is 0.0665. The van der Waals surface area contributed by atoms with Crippen molar-refractivity contribution in [2.24, 2.45) is 11.8 Å². The third-order valence-electron chi connectivity index (χ3n) is 3.77. The molecule has 2 unspecified atom stereocenters. The van der Waals surface area contributed by atoms with Crippen molar-refractivity contribution in [2.45, 2.75) is 13.3 Å². The minimum atomic E-state index is -0.370. The van der Waals surface area contributed by atoms with Crippen molar-refractivity contribution in [1.82, 2.24) is 19.9 Å². The summed E-state index contributed by atoms with van der Waals surface area (Å²) in [6.45, 7) is 2.05. The van der Waals surface area contributed by atoms with Crippen LogP contribution in [0.15, 0.2) is 21.3 Å². The number of halogens is 2. The van der Waals surface area contributed by atoms with Crippen LogP contribution in [0.3, 0.4) is 0 Å². The maximum atomic E-state index is 12.1. The Morgan fingerprint density at radius 2 is 1.66 bits per heavy atom. The number of nitrogens with two attached hydrogens (primary N) is 1. The first-order chi connectivity index (χ1) is 13.8. The largest absolute Gasteiger partial charge is 0.480 e. The Morgan fingerprint density at radius 1 is 1.07 bits per heavy atom. The topological polar surface area (TPSA) is 139 Å². The average Bonchev–Trinajstić information content (AvgIpc) is 3.51. The van der Waals surface area contributed by atoms with Crippen LogP contribution in [0.1, 0.15) is 24.0 Å². The van der Waals surface area contributed by atoms with E-state index in [1.165, 1.54) is 20.4 Å². The van der Waals surface area contributed by atoms with Gasteiger partial charge in [0.2, 0.25) is 23.5 Å². The van der Waals surface area contributed by atoms with E-state index in [1.54, 1.807) is 13.1 Å². The summed E-state index contributed by atoms with van der Waals surface area (Å²) in [6.07, 6.45) is 3.50. The lowest BCUT2D eigenvalue weighted by atomic mass is 10.2. The number of aromatic nitrogens is 4. The molecule has 2 heterocycles. The molecule has 2 aromatic heterocycles. The zero-order valence-corrected chi connectivity index (χ0v) is 19.1. The molecule has 12 heteroatoms. The quantitative estimate of drug-likeness (QED) is 0.435. The first-order valence-electron chi connectivity index (χ1n) is 8.41. The summed E-state index contributed by atoms with van der Waals surface area (Å²) in [7, 11) is 2.98. The Labute approximate surface area is 183 Å². The van der Waals surface area contributed by atoms with Crippen molar-refractivity contribution in [3.05, 3.63) is 27.2 Å². The molecule has 1 aliphatic carbocycles. The molecule has 156 valence electrons. The van der Waals surface area contributed by atoms with Gasteiger partial charge in [-0.2, -0.15) is 9.97 Å². The van der Waals surface area contributed by atoms with Gasteiger partial charge in [0.25, 0.3) is 0 Å². The molecule has 1 saturated carbocycles. The minimum Gasteiger partial charge on any atom is -0.480 e. The second kappa shape index (κ2) is 10.4. The molecule has 2 aromatic rings. The highest BCUT2D eigenvalue weighted by Crippen LogP contribution is 2.41. The molecule has 1 aliphatic rings. The third-order valence-corrected chi connectivity index (χ3v) is 4.85. The van der Waals surface area contributed by atoms with Crippen molar-refractivity contribution >= 4 is 49.6 Å². The predicted octanol–water partition coefficient (Wildman–Crippen LogP) is 2.46. The number of nitrogens with zero attached hydrogens (tertiary/aromatic N) is 4. The van der Waals surface area contributed by atoms with E-state index in [0.29, 0.717) is 33.7 Å². The molecule has 1 fully saturated rings. The number of Topliss-reactive ketones (excluding diaryl/α,β-unsaturated/α-hetero) is 1. The molecule has 29 heavy (non-hydrogen) atoms. The smallest absolute Gasteiger partial charge is 0.309 e. The summed E-state index contributed by atoms with van der Waals surface area (Å²) in [4.78, 5) is 39.1. The average molecular weight is 533 g/mol. The van der Waals surface area contributed by atoms with Crippen LogP contribution in [0.25, 0.3) is 0 Å². The van der Waals surface area contributed by atoms with Gasteiger partial charge in [-0.1, -0.05) is 0 Å². The lowest BCUT2D eigenvalue weighted by molar-refractivity contribution is -0.144. The molecule has 0 saturated heterocycles. The number of methoxy groups -OCH3 is 2. The van der Waals surface area contributed by atoms with E-state index in [-0.39, 0.29) is 35.4 Å². The van der Waals surface area contributed by atoms with E-state index in [1.807, 2.05) is 0 Å². The molecular weight excluding hydrogens is 514 g/mol. The molecule has 0 aliphatic heterocycles. The summed E-state index contributed by atoms with van der Waals surface area (Å²) in [6, 6.07) is 0. The lowest BCUT2D eigenvalue weighted by Gasteiger charge is -2.04. The number of ketones is 1. The molecule has 0 bridgehead atoms. The fourth-order valence-corrected chi connectivity index (χ4v) is 2.99. The van der Waals surface area contributed by atoms with Gasteiger partial charge >= 0.3 is 5.97 Å². The Morgan fingerprint density at radius 3 is 2.21 bits per heavy atom. The van der Waals surface area contributed by atoms with Gasteiger partial charge in [-0.05, 0) is 45.2 Å². The Balaban J connectivity index is 0.000000253. The number of ether oxygens (including phenoxy) is 3. The molecule has 10 nitrogen and oxygen atoms in total. The summed E-state index contributed by atoms with van der Waals surface area (Å²) in [5.74, 6) is -0.277. The van der Waals surface area contributed by atoms with Gasteiger partial charge < -0.3 is 19.9 Å². The number of carbonyl (C=O) groups is 2. The maximum Gasteiger partial charge on any atom is 0.309 e. The number of hydrogen-bond acceptors (Lipinski definition) is 10. The zero-order chi connectivity index (χ0) is 21.6. The van der Waals surface area contributed by atoms with E-state index in [0.717, 1.165) is 0 Å². The number of anilines is 1. The molecular formula is C17H19Br2N5O5. The van der Waals surface area contributed by atoms with Gasteiger partial charge in [-0.25, -0.2) is 9.97 Å². The number of nitrogen functional groups attached to an aromatic ring is 1. The Kier molecular flexibility index (Phi) is 8.26. The van der Waals surface area contributed by atoms with Crippen LogP contribution in [-0.2, 0) is 9.53 Å². The van der Waals surface area contributed by atoms with Crippen LogP contribution >= 0.6 is 31.9 Å². The van der Waals surface area contributed by atoms with E-state index < -0.39 is 0 Å². The molecule has 3 rings (SSSR count). The van der Waals surface area contributed by atoms with Gasteiger partial charge in [-0.3, -0.25) is 9.59 Å². The highest BCUT2D eigenvalue weighted by molar-refractivity contribution is 9.10. The van der Waals surface area contributed by atoms with Crippen LogP contribution in [0, 0.1) is 11.8 Å². The standard InChI is InChI=1S/C12H13BrN2O4.C5H6BrN3O/c1-3-19-12(17)7-4-6(7)9(16)10-14-5-8(13)11(15-10)18-2;1-10-4-3(6)2-8-5(7)9-4/h5-7H,3-4H2,1-2H3;2H,1H3,(H2,7,8,9). The normalized spacial score (nSPS) is 16.9. The second-order valence-electron chi connectivity index (χ2n) is 5.70. The molecule has 0 spiro atoms. The fraction of sp³-hybridized carbons (Fsp3) is 0.412. The number of rotatable bonds is 6. The molecule has 2 atom stereocenters. The first kappa shape index (κ1) is 22.9. The molecule has 2 N–H and O–H groups in total. The van der Waals surface area contributed by atoms with Crippen molar-refractivity contribution in [1.29, 1.82) is 0 Å². The highest BCUT2D eigenvalue weighted by Gasteiger charge is 2.50. The van der Waals surface area contributed by atoms with Gasteiger partial charge in [0.1, 0.15) is 0 Å². The zero-order valence-electron chi connectivity index (χ0n) is 15.9. The van der Waals surface area contributed by atoms with Gasteiger partial charge in [0.15, 0.2) is 5.82 Å². The monoisotopic (exact) mass is 531 g/mol. The van der Waals surface area contributed by atoms with Crippen LogP contribution in [0.4, 0.5) is 5.95 Å². The van der Waals surface area contributed by atoms with Crippen molar-refractivity contribution in [3.8, 4) is 11.8 Å². The summed E-state index contributed by atoms with van der Waals surface area (Å²) < 4.78 is 16.0. The maximum absolute atomic E-state index is 12.1. The molecule has 0 aromatic carbocycles. The third kappa shape index (κ3) is 6.07. The number of hydrogen-bond donors (Lipinski definition) is 1. The second-order valence-corrected chi connectivity index (χ2v) is 7.41. The van der Waals surface area contributed by atoms with E-state index in [2.05, 4.69) is 51.8 Å². The van der Waals surface area contributed by atoms with Gasteiger partial charge in [0, 0.05) is 12.1 Å². The highest BCUT2D eigenvalue weighted by atomic mass is 79.9. The van der Waals surface area contributed by atoms with Crippen LogP contribution in [-0.4, -0.2) is 52.5 Å². The Hall–Kier alpha value is -2.34. The number of esters is 1. The van der Waals surface area contributed by atoms with Crippen LogP contribution in [0.2, 0.25) is 0 Å². The number of carbonyl (C=O) groups excluding carboxylic acids is 2. The van der Waals surface area contributed by atoms with E-state index in [9.17, 15) is 9.59 Å². The van der Waals surface area contributed by atoms with Crippen molar-refractivity contribution in [3.63, 3.8) is 0 Å². The SMILES string of the molecule is CCOC(=O)C1CC1C(=O)c1ncc(Br)c(OC)n1.COc1nc(N)ncc1Br. The van der Waals surface area contributed by atoms with Crippen LogP contribution in [0.5, 0.6) is 11.8 Å². The summed E-state index contributed by atoms with van der Waals surface area (Å²) >= 11 is 6.40. The lowest BCUT2D eigenvalue weighted by Crippen LogP contribution is -2.14. The first-order valence-corrected chi connectivity index (χ1v) is 10.00.